The number of hydrogen-bond acceptors (Lipinski definition) is 4. The molecule has 0 heterocycles. The predicted molar refractivity (Wildman–Crippen MR) is 63.2 cm³/mol. The summed E-state index contributed by atoms with van der Waals surface area (Å²) in [5.41, 5.74) is -1.04. The van der Waals surface area contributed by atoms with Crippen LogP contribution in [0.3, 0.4) is 0 Å². The first-order chi connectivity index (χ1) is 8.82. The number of aliphatic carboxylic acids is 1. The predicted octanol–water partition coefficient (Wildman–Crippen LogP) is 2.17. The molecule has 0 atom stereocenters. The van der Waals surface area contributed by atoms with E-state index in [4.69, 9.17) is 5.11 Å². The van der Waals surface area contributed by atoms with E-state index < -0.39 is 28.2 Å². The minimum Gasteiger partial charge on any atom is -0.481 e. The SMILES string of the molecule is CN(CCCC(=O)O)c1cc(F)cc(F)c1[N+](=O)[O-]. The number of benzene rings is 1. The molecule has 0 spiro atoms. The number of nitro benzene ring substituents is 1. The van der Waals surface area contributed by atoms with Gasteiger partial charge in [0.05, 0.1) is 4.92 Å². The number of carboxylic acids is 1. The maximum atomic E-state index is 13.4. The summed E-state index contributed by atoms with van der Waals surface area (Å²) in [5, 5.41) is 19.2. The van der Waals surface area contributed by atoms with Crippen LogP contribution in [0.4, 0.5) is 20.2 Å². The molecule has 0 aromatic heterocycles. The van der Waals surface area contributed by atoms with Crippen LogP contribution in [0.5, 0.6) is 0 Å². The van der Waals surface area contributed by atoms with Crippen molar-refractivity contribution in [3.8, 4) is 0 Å². The zero-order chi connectivity index (χ0) is 14.6. The number of carbonyl (C=O) groups is 1. The van der Waals surface area contributed by atoms with Gasteiger partial charge in [-0.25, -0.2) is 4.39 Å². The van der Waals surface area contributed by atoms with Crippen molar-refractivity contribution < 1.29 is 23.6 Å². The molecule has 104 valence electrons. The van der Waals surface area contributed by atoms with Gasteiger partial charge in [0.2, 0.25) is 5.82 Å². The minimum atomic E-state index is -1.26. The second-order valence-corrected chi connectivity index (χ2v) is 3.93. The van der Waals surface area contributed by atoms with Gasteiger partial charge in [0.1, 0.15) is 11.5 Å². The Hall–Kier alpha value is -2.25. The number of carboxylic acid groups (broad SMARTS) is 1. The molecule has 0 saturated carbocycles. The summed E-state index contributed by atoms with van der Waals surface area (Å²) in [7, 11) is 1.41. The van der Waals surface area contributed by atoms with E-state index >= 15 is 0 Å². The van der Waals surface area contributed by atoms with Gasteiger partial charge in [-0.05, 0) is 6.42 Å². The topological polar surface area (TPSA) is 83.7 Å². The molecule has 1 aromatic rings. The van der Waals surface area contributed by atoms with Crippen molar-refractivity contribution in [2.45, 2.75) is 12.8 Å². The third-order valence-electron chi connectivity index (χ3n) is 2.49. The van der Waals surface area contributed by atoms with E-state index in [9.17, 15) is 23.7 Å². The van der Waals surface area contributed by atoms with Crippen molar-refractivity contribution in [2.75, 3.05) is 18.5 Å². The van der Waals surface area contributed by atoms with Crippen LogP contribution in [0.2, 0.25) is 0 Å². The first kappa shape index (κ1) is 14.8. The molecule has 0 radical (unpaired) electrons. The zero-order valence-electron chi connectivity index (χ0n) is 10.1. The molecule has 1 rings (SSSR count). The summed E-state index contributed by atoms with van der Waals surface area (Å²) >= 11 is 0. The average Bonchev–Trinajstić information content (AvgIpc) is 2.26. The average molecular weight is 274 g/mol. The summed E-state index contributed by atoms with van der Waals surface area (Å²) < 4.78 is 26.5. The molecule has 0 fully saturated rings. The molecule has 0 bridgehead atoms. The summed E-state index contributed by atoms with van der Waals surface area (Å²) in [6.07, 6.45) is 0.0804. The Kier molecular flexibility index (Phi) is 4.74. The fourth-order valence-electron chi connectivity index (χ4n) is 1.61. The second kappa shape index (κ2) is 6.07. The molecule has 6 nitrogen and oxygen atoms in total. The van der Waals surface area contributed by atoms with E-state index in [0.717, 1.165) is 6.07 Å². The number of nitro groups is 1. The van der Waals surface area contributed by atoms with Crippen molar-refractivity contribution in [1.29, 1.82) is 0 Å². The monoisotopic (exact) mass is 274 g/mol. The van der Waals surface area contributed by atoms with Crippen LogP contribution in [0, 0.1) is 21.7 Å². The first-order valence-corrected chi connectivity index (χ1v) is 5.39. The largest absolute Gasteiger partial charge is 0.481 e. The molecular weight excluding hydrogens is 262 g/mol. The summed E-state index contributed by atoms with van der Waals surface area (Å²) in [6, 6.07) is 1.29. The molecule has 1 aromatic carbocycles. The molecule has 0 saturated heterocycles. The summed E-state index contributed by atoms with van der Waals surface area (Å²) in [4.78, 5) is 21.4. The number of anilines is 1. The number of rotatable bonds is 6. The van der Waals surface area contributed by atoms with Crippen LogP contribution in [0.25, 0.3) is 0 Å². The molecule has 0 amide bonds. The van der Waals surface area contributed by atoms with E-state index in [1.807, 2.05) is 0 Å². The number of halogens is 2. The van der Waals surface area contributed by atoms with Gasteiger partial charge >= 0.3 is 11.7 Å². The Morgan fingerprint density at radius 3 is 2.63 bits per heavy atom. The minimum absolute atomic E-state index is 0.129. The lowest BCUT2D eigenvalue weighted by Crippen LogP contribution is -2.21. The van der Waals surface area contributed by atoms with Crippen molar-refractivity contribution >= 4 is 17.3 Å². The van der Waals surface area contributed by atoms with Gasteiger partial charge in [-0.1, -0.05) is 0 Å². The highest BCUT2D eigenvalue weighted by molar-refractivity contribution is 5.67. The van der Waals surface area contributed by atoms with Crippen molar-refractivity contribution in [1.82, 2.24) is 0 Å². The quantitative estimate of drug-likeness (QED) is 0.635. The van der Waals surface area contributed by atoms with E-state index in [2.05, 4.69) is 0 Å². The van der Waals surface area contributed by atoms with Crippen molar-refractivity contribution in [2.24, 2.45) is 0 Å². The molecule has 8 heteroatoms. The molecule has 0 aliphatic carbocycles. The molecule has 0 unspecified atom stereocenters. The molecule has 19 heavy (non-hydrogen) atoms. The maximum absolute atomic E-state index is 13.4. The van der Waals surface area contributed by atoms with E-state index in [1.165, 1.54) is 11.9 Å². The van der Waals surface area contributed by atoms with Crippen LogP contribution in [-0.2, 0) is 4.79 Å². The van der Waals surface area contributed by atoms with Gasteiger partial charge in [-0.15, -0.1) is 0 Å². The third kappa shape index (κ3) is 3.87. The lowest BCUT2D eigenvalue weighted by atomic mass is 10.2. The lowest BCUT2D eigenvalue weighted by Gasteiger charge is -2.18. The smallest absolute Gasteiger partial charge is 0.328 e. The van der Waals surface area contributed by atoms with Crippen LogP contribution in [0.15, 0.2) is 12.1 Å². The van der Waals surface area contributed by atoms with Gasteiger partial charge in [0, 0.05) is 32.1 Å². The van der Waals surface area contributed by atoms with Crippen molar-refractivity contribution in [3.05, 3.63) is 33.9 Å². The molecular formula is C11H12F2N2O4. The van der Waals surface area contributed by atoms with Crippen LogP contribution >= 0.6 is 0 Å². The van der Waals surface area contributed by atoms with Crippen molar-refractivity contribution in [3.63, 3.8) is 0 Å². The molecule has 1 N–H and O–H groups in total. The Balaban J connectivity index is 2.97. The lowest BCUT2D eigenvalue weighted by molar-refractivity contribution is -0.386. The maximum Gasteiger partial charge on any atom is 0.328 e. The fourth-order valence-corrected chi connectivity index (χ4v) is 1.61. The van der Waals surface area contributed by atoms with E-state index in [1.54, 1.807) is 0 Å². The highest BCUT2D eigenvalue weighted by Gasteiger charge is 2.24. The van der Waals surface area contributed by atoms with Gasteiger partial charge < -0.3 is 10.0 Å². The zero-order valence-corrected chi connectivity index (χ0v) is 10.1. The van der Waals surface area contributed by atoms with E-state index in [0.29, 0.717) is 6.07 Å². The van der Waals surface area contributed by atoms with Gasteiger partial charge in [0.25, 0.3) is 0 Å². The number of hydrogen-bond donors (Lipinski definition) is 1. The van der Waals surface area contributed by atoms with Gasteiger partial charge in [-0.3, -0.25) is 14.9 Å². The fraction of sp³-hybridized carbons (Fsp3) is 0.364. The third-order valence-corrected chi connectivity index (χ3v) is 2.49. The first-order valence-electron chi connectivity index (χ1n) is 5.39. The Morgan fingerprint density at radius 2 is 2.11 bits per heavy atom. The normalized spacial score (nSPS) is 10.3. The van der Waals surface area contributed by atoms with Crippen LogP contribution in [0.1, 0.15) is 12.8 Å². The number of nitrogens with zero attached hydrogens (tertiary/aromatic N) is 2. The Bertz CT molecular complexity index is 508. The summed E-state index contributed by atoms with van der Waals surface area (Å²) in [5.74, 6) is -3.19. The Labute approximate surface area is 107 Å². The molecule has 0 aliphatic rings. The highest BCUT2D eigenvalue weighted by Crippen LogP contribution is 2.31. The van der Waals surface area contributed by atoms with Gasteiger partial charge in [0.15, 0.2) is 0 Å². The van der Waals surface area contributed by atoms with Crippen LogP contribution < -0.4 is 4.90 Å². The second-order valence-electron chi connectivity index (χ2n) is 3.93. The van der Waals surface area contributed by atoms with Gasteiger partial charge in [-0.2, -0.15) is 4.39 Å². The summed E-state index contributed by atoms with van der Waals surface area (Å²) in [6.45, 7) is 0.135. The van der Waals surface area contributed by atoms with E-state index in [-0.39, 0.29) is 25.1 Å². The Morgan fingerprint density at radius 1 is 1.47 bits per heavy atom. The highest BCUT2D eigenvalue weighted by atomic mass is 19.1. The van der Waals surface area contributed by atoms with Crippen LogP contribution in [-0.4, -0.2) is 29.6 Å². The molecule has 0 aliphatic heterocycles. The standard InChI is InChI=1S/C11H12F2N2O4/c1-14(4-2-3-10(16)17)9-6-7(12)5-8(13)11(9)15(18)19/h5-6H,2-4H2,1H3,(H,16,17).